The van der Waals surface area contributed by atoms with Crippen molar-refractivity contribution in [3.63, 3.8) is 0 Å². The molecule has 6 heteroatoms. The Bertz CT molecular complexity index is 527. The van der Waals surface area contributed by atoms with Crippen molar-refractivity contribution in [2.24, 2.45) is 5.16 Å². The minimum Gasteiger partial charge on any atom is -0.381 e. The summed E-state index contributed by atoms with van der Waals surface area (Å²) >= 11 is 0. The van der Waals surface area contributed by atoms with Crippen molar-refractivity contribution in [3.05, 3.63) is 29.8 Å². The van der Waals surface area contributed by atoms with E-state index in [-0.39, 0.29) is 4.90 Å². The third-order valence-electron chi connectivity index (χ3n) is 2.64. The highest BCUT2D eigenvalue weighted by atomic mass is 32.2. The second kappa shape index (κ2) is 8.01. The molecule has 5 nitrogen and oxygen atoms in total. The standard InChI is InChI=1S/C12H15NO4S.C2H6/c1-10-2-4-12(5-3-10)18(14,15)17-13-11-6-8-16-9-7-11;1-2/h2-5H,6-9H2,1H3;1-2H3. The van der Waals surface area contributed by atoms with E-state index in [4.69, 9.17) is 9.02 Å². The van der Waals surface area contributed by atoms with E-state index in [2.05, 4.69) is 5.16 Å². The summed E-state index contributed by atoms with van der Waals surface area (Å²) in [5, 5.41) is 3.70. The van der Waals surface area contributed by atoms with Crippen LogP contribution < -0.4 is 0 Å². The predicted molar refractivity (Wildman–Crippen MR) is 78.3 cm³/mol. The highest BCUT2D eigenvalue weighted by Gasteiger charge is 2.16. The molecule has 112 valence electrons. The summed E-state index contributed by atoms with van der Waals surface area (Å²) in [7, 11) is -3.80. The molecule has 1 saturated heterocycles. The molecule has 0 amide bonds. The number of hydrogen-bond acceptors (Lipinski definition) is 5. The normalized spacial score (nSPS) is 15.1. The smallest absolute Gasteiger partial charge is 0.358 e. The maximum atomic E-state index is 11.8. The zero-order valence-corrected chi connectivity index (χ0v) is 12.9. The molecule has 2 rings (SSSR count). The highest BCUT2D eigenvalue weighted by Crippen LogP contribution is 2.14. The molecule has 0 saturated carbocycles. The highest BCUT2D eigenvalue weighted by molar-refractivity contribution is 7.86. The van der Waals surface area contributed by atoms with Gasteiger partial charge in [0.2, 0.25) is 0 Å². The van der Waals surface area contributed by atoms with Crippen LogP contribution in [0.4, 0.5) is 0 Å². The molecule has 0 unspecified atom stereocenters. The topological polar surface area (TPSA) is 65.0 Å². The lowest BCUT2D eigenvalue weighted by atomic mass is 10.2. The summed E-state index contributed by atoms with van der Waals surface area (Å²) in [5.74, 6) is 0. The van der Waals surface area contributed by atoms with Crippen LogP contribution >= 0.6 is 0 Å². The number of aryl methyl sites for hydroxylation is 1. The number of hydrogen-bond donors (Lipinski definition) is 0. The first kappa shape index (κ1) is 16.7. The molecule has 0 aliphatic carbocycles. The largest absolute Gasteiger partial charge is 0.381 e. The van der Waals surface area contributed by atoms with E-state index in [1.165, 1.54) is 12.1 Å². The summed E-state index contributed by atoms with van der Waals surface area (Å²) in [6.45, 7) is 7.01. The van der Waals surface area contributed by atoms with Crippen molar-refractivity contribution < 1.29 is 17.4 Å². The molecule has 0 spiro atoms. The van der Waals surface area contributed by atoms with Crippen LogP contribution in [0.3, 0.4) is 0 Å². The Labute approximate surface area is 120 Å². The lowest BCUT2D eigenvalue weighted by Crippen LogP contribution is -2.16. The minimum absolute atomic E-state index is 0.115. The summed E-state index contributed by atoms with van der Waals surface area (Å²) in [5.41, 5.74) is 1.71. The van der Waals surface area contributed by atoms with Gasteiger partial charge in [0.25, 0.3) is 0 Å². The number of oxime groups is 1. The molecule has 0 N–H and O–H groups in total. The van der Waals surface area contributed by atoms with E-state index in [0.29, 0.717) is 26.1 Å². The lowest BCUT2D eigenvalue weighted by molar-refractivity contribution is 0.133. The van der Waals surface area contributed by atoms with Gasteiger partial charge in [0.05, 0.1) is 18.9 Å². The monoisotopic (exact) mass is 299 g/mol. The van der Waals surface area contributed by atoms with Gasteiger partial charge in [0.1, 0.15) is 4.90 Å². The summed E-state index contributed by atoms with van der Waals surface area (Å²) < 4.78 is 33.5. The zero-order chi connectivity index (χ0) is 15.0. The first-order valence-electron chi connectivity index (χ1n) is 6.72. The Morgan fingerprint density at radius 1 is 1.10 bits per heavy atom. The van der Waals surface area contributed by atoms with Gasteiger partial charge in [-0.3, -0.25) is 4.28 Å². The van der Waals surface area contributed by atoms with Crippen LogP contribution in [0.15, 0.2) is 34.3 Å². The summed E-state index contributed by atoms with van der Waals surface area (Å²) in [6.07, 6.45) is 1.23. The molecule has 1 heterocycles. The Morgan fingerprint density at radius 2 is 1.65 bits per heavy atom. The van der Waals surface area contributed by atoms with Crippen LogP contribution in [0.5, 0.6) is 0 Å². The summed E-state index contributed by atoms with van der Waals surface area (Å²) in [6, 6.07) is 6.46. The van der Waals surface area contributed by atoms with E-state index in [0.717, 1.165) is 11.3 Å². The van der Waals surface area contributed by atoms with Gasteiger partial charge in [0.15, 0.2) is 0 Å². The van der Waals surface area contributed by atoms with Gasteiger partial charge in [-0.1, -0.05) is 36.7 Å². The second-order valence-electron chi connectivity index (χ2n) is 4.11. The van der Waals surface area contributed by atoms with Gasteiger partial charge in [-0.15, -0.1) is 0 Å². The molecule has 20 heavy (non-hydrogen) atoms. The lowest BCUT2D eigenvalue weighted by Gasteiger charge is -2.12. The second-order valence-corrected chi connectivity index (χ2v) is 5.64. The maximum Gasteiger partial charge on any atom is 0.358 e. The van der Waals surface area contributed by atoms with Gasteiger partial charge in [0, 0.05) is 12.8 Å². The van der Waals surface area contributed by atoms with Crippen LogP contribution in [0.2, 0.25) is 0 Å². The Morgan fingerprint density at radius 3 is 2.20 bits per heavy atom. The molecule has 0 atom stereocenters. The quantitative estimate of drug-likeness (QED) is 0.805. The van der Waals surface area contributed by atoms with Crippen molar-refractivity contribution >= 4 is 15.8 Å². The van der Waals surface area contributed by atoms with Crippen molar-refractivity contribution in [3.8, 4) is 0 Å². The number of nitrogens with zero attached hydrogens (tertiary/aromatic N) is 1. The molecule has 0 radical (unpaired) electrons. The average Bonchev–Trinajstić information content (AvgIpc) is 2.49. The van der Waals surface area contributed by atoms with Crippen molar-refractivity contribution in [1.82, 2.24) is 0 Å². The third-order valence-corrected chi connectivity index (χ3v) is 3.76. The molecule has 1 aromatic rings. The van der Waals surface area contributed by atoms with E-state index in [1.54, 1.807) is 12.1 Å². The van der Waals surface area contributed by atoms with Crippen LogP contribution in [0, 0.1) is 6.92 Å². The van der Waals surface area contributed by atoms with E-state index < -0.39 is 10.1 Å². The van der Waals surface area contributed by atoms with E-state index in [9.17, 15) is 8.42 Å². The van der Waals surface area contributed by atoms with Crippen molar-refractivity contribution in [2.75, 3.05) is 13.2 Å². The predicted octanol–water partition coefficient (Wildman–Crippen LogP) is 2.89. The van der Waals surface area contributed by atoms with Crippen LogP contribution in [0.25, 0.3) is 0 Å². The summed E-state index contributed by atoms with van der Waals surface area (Å²) in [4.78, 5) is 0.115. The van der Waals surface area contributed by atoms with Gasteiger partial charge in [-0.25, -0.2) is 0 Å². The number of ether oxygens (including phenoxy) is 1. The molecular formula is C14H21NO4S. The fraction of sp³-hybridized carbons (Fsp3) is 0.500. The Kier molecular flexibility index (Phi) is 6.67. The van der Waals surface area contributed by atoms with Crippen LogP contribution in [-0.2, 0) is 19.1 Å². The molecule has 0 bridgehead atoms. The van der Waals surface area contributed by atoms with Crippen molar-refractivity contribution in [2.45, 2.75) is 38.5 Å². The van der Waals surface area contributed by atoms with Gasteiger partial charge < -0.3 is 4.74 Å². The molecule has 1 aromatic carbocycles. The first-order valence-corrected chi connectivity index (χ1v) is 8.12. The van der Waals surface area contributed by atoms with Crippen LogP contribution in [-0.4, -0.2) is 27.3 Å². The fourth-order valence-corrected chi connectivity index (χ4v) is 2.31. The molecular weight excluding hydrogens is 278 g/mol. The molecule has 1 aliphatic rings. The third kappa shape index (κ3) is 4.94. The number of rotatable bonds is 3. The SMILES string of the molecule is CC.Cc1ccc(S(=O)(=O)ON=C2CCOCC2)cc1. The van der Waals surface area contributed by atoms with Crippen molar-refractivity contribution in [1.29, 1.82) is 0 Å². The maximum absolute atomic E-state index is 11.8. The fourth-order valence-electron chi connectivity index (χ4n) is 1.55. The van der Waals surface area contributed by atoms with E-state index in [1.807, 2.05) is 20.8 Å². The molecule has 1 aliphatic heterocycles. The van der Waals surface area contributed by atoms with E-state index >= 15 is 0 Å². The van der Waals surface area contributed by atoms with Gasteiger partial charge in [-0.2, -0.15) is 8.42 Å². The Balaban J connectivity index is 0.000000956. The molecule has 1 fully saturated rings. The molecule has 0 aromatic heterocycles. The van der Waals surface area contributed by atoms with Gasteiger partial charge in [-0.05, 0) is 19.1 Å². The Hall–Kier alpha value is -1.40. The van der Waals surface area contributed by atoms with Crippen LogP contribution in [0.1, 0.15) is 32.3 Å². The van der Waals surface area contributed by atoms with Gasteiger partial charge >= 0.3 is 10.1 Å². The minimum atomic E-state index is -3.80. The first-order chi connectivity index (χ1) is 9.58. The average molecular weight is 299 g/mol. The number of benzene rings is 1. The zero-order valence-electron chi connectivity index (χ0n) is 12.1.